The molecule has 0 aromatic heterocycles. The minimum absolute atomic E-state index is 0.0416. The van der Waals surface area contributed by atoms with Crippen molar-refractivity contribution in [1.29, 1.82) is 0 Å². The maximum Gasteiger partial charge on any atom is 0.255 e. The number of nitrogens with zero attached hydrogens (tertiary/aromatic N) is 1. The van der Waals surface area contributed by atoms with Crippen molar-refractivity contribution in [3.8, 4) is 5.75 Å². The summed E-state index contributed by atoms with van der Waals surface area (Å²) in [6.45, 7) is 9.23. The summed E-state index contributed by atoms with van der Waals surface area (Å²) in [7, 11) is 0. The third kappa shape index (κ3) is 5.58. The van der Waals surface area contributed by atoms with Crippen molar-refractivity contribution in [2.75, 3.05) is 18.4 Å². The summed E-state index contributed by atoms with van der Waals surface area (Å²) in [5.41, 5.74) is 1.66. The van der Waals surface area contributed by atoms with Gasteiger partial charge in [-0.05, 0) is 63.6 Å². The zero-order valence-electron chi connectivity index (χ0n) is 16.5. The Bertz CT molecular complexity index is 785. The number of ether oxygens (including phenoxy) is 1. The Labute approximate surface area is 161 Å². The van der Waals surface area contributed by atoms with Crippen LogP contribution in [-0.2, 0) is 0 Å². The lowest BCUT2D eigenvalue weighted by Crippen LogP contribution is -2.30. The van der Waals surface area contributed by atoms with Gasteiger partial charge in [0.1, 0.15) is 5.75 Å². The Kier molecular flexibility index (Phi) is 7.41. The second kappa shape index (κ2) is 9.76. The van der Waals surface area contributed by atoms with Gasteiger partial charge in [-0.25, -0.2) is 0 Å². The molecule has 5 nitrogen and oxygen atoms in total. The van der Waals surface area contributed by atoms with Gasteiger partial charge in [0.05, 0.1) is 6.10 Å². The van der Waals surface area contributed by atoms with Crippen LogP contribution in [0.15, 0.2) is 48.5 Å². The van der Waals surface area contributed by atoms with E-state index in [9.17, 15) is 9.59 Å². The van der Waals surface area contributed by atoms with E-state index in [4.69, 9.17) is 4.74 Å². The van der Waals surface area contributed by atoms with Crippen LogP contribution in [0.4, 0.5) is 5.69 Å². The second-order valence-corrected chi connectivity index (χ2v) is 6.38. The normalized spacial score (nSPS) is 11.6. The lowest BCUT2D eigenvalue weighted by molar-refractivity contribution is 0.0772. The molecular weight excluding hydrogens is 340 g/mol. The molecule has 0 spiro atoms. The second-order valence-electron chi connectivity index (χ2n) is 6.38. The average Bonchev–Trinajstić information content (AvgIpc) is 2.69. The van der Waals surface area contributed by atoms with Gasteiger partial charge in [0, 0.05) is 29.9 Å². The van der Waals surface area contributed by atoms with Crippen molar-refractivity contribution in [2.24, 2.45) is 0 Å². The molecule has 27 heavy (non-hydrogen) atoms. The van der Waals surface area contributed by atoms with E-state index in [1.54, 1.807) is 47.4 Å². The molecular formula is C22H28N2O3. The number of hydrogen-bond acceptors (Lipinski definition) is 3. The number of carbonyl (C=O) groups excluding carboxylic acids is 2. The lowest BCUT2D eigenvalue weighted by Gasteiger charge is -2.19. The first-order chi connectivity index (χ1) is 13.0. The minimum Gasteiger partial charge on any atom is -0.491 e. The highest BCUT2D eigenvalue weighted by Crippen LogP contribution is 2.18. The Balaban J connectivity index is 2.13. The summed E-state index contributed by atoms with van der Waals surface area (Å²) >= 11 is 0. The summed E-state index contributed by atoms with van der Waals surface area (Å²) in [4.78, 5) is 26.8. The van der Waals surface area contributed by atoms with E-state index in [1.807, 2.05) is 33.8 Å². The average molecular weight is 368 g/mol. The zero-order valence-corrected chi connectivity index (χ0v) is 16.5. The fraction of sp³-hybridized carbons (Fsp3) is 0.364. The Hall–Kier alpha value is -2.82. The van der Waals surface area contributed by atoms with E-state index in [2.05, 4.69) is 5.32 Å². The summed E-state index contributed by atoms with van der Waals surface area (Å²) in [6, 6.07) is 14.1. The van der Waals surface area contributed by atoms with Crippen molar-refractivity contribution in [3.05, 3.63) is 59.7 Å². The number of rotatable bonds is 8. The highest BCUT2D eigenvalue weighted by atomic mass is 16.5. The van der Waals surface area contributed by atoms with Crippen LogP contribution in [0.25, 0.3) is 0 Å². The molecule has 2 aromatic carbocycles. The fourth-order valence-electron chi connectivity index (χ4n) is 2.65. The van der Waals surface area contributed by atoms with Crippen LogP contribution in [0.1, 0.15) is 54.8 Å². The van der Waals surface area contributed by atoms with Crippen LogP contribution in [0.2, 0.25) is 0 Å². The largest absolute Gasteiger partial charge is 0.491 e. The first-order valence-electron chi connectivity index (χ1n) is 9.45. The van der Waals surface area contributed by atoms with Crippen molar-refractivity contribution >= 4 is 17.5 Å². The molecule has 0 aliphatic carbocycles. The summed E-state index contributed by atoms with van der Waals surface area (Å²) in [5, 5.41) is 2.86. The van der Waals surface area contributed by atoms with Gasteiger partial charge < -0.3 is 15.0 Å². The molecule has 1 N–H and O–H groups in total. The van der Waals surface area contributed by atoms with Gasteiger partial charge in [-0.1, -0.05) is 19.1 Å². The van der Waals surface area contributed by atoms with Gasteiger partial charge >= 0.3 is 0 Å². The molecule has 2 rings (SSSR count). The Morgan fingerprint density at radius 1 is 1.00 bits per heavy atom. The molecule has 5 heteroatoms. The quantitative estimate of drug-likeness (QED) is 0.741. The Morgan fingerprint density at radius 2 is 1.67 bits per heavy atom. The van der Waals surface area contributed by atoms with Crippen LogP contribution in [0, 0.1) is 0 Å². The molecule has 2 amide bonds. The Morgan fingerprint density at radius 3 is 2.33 bits per heavy atom. The third-order valence-corrected chi connectivity index (χ3v) is 4.43. The van der Waals surface area contributed by atoms with Gasteiger partial charge in [0.2, 0.25) is 0 Å². The monoisotopic (exact) mass is 368 g/mol. The number of nitrogens with one attached hydrogen (secondary N) is 1. The standard InChI is InChI=1S/C22H28N2O3/c1-5-16(4)27-20-13-9-10-17(15-20)21(25)23-19-12-8-11-18(14-19)22(26)24(6-2)7-3/h8-16H,5-7H2,1-4H3,(H,23,25). The van der Waals surface area contributed by atoms with Crippen LogP contribution < -0.4 is 10.1 Å². The first-order valence-corrected chi connectivity index (χ1v) is 9.45. The number of benzene rings is 2. The van der Waals surface area contributed by atoms with Crippen molar-refractivity contribution < 1.29 is 14.3 Å². The van der Waals surface area contributed by atoms with Crippen LogP contribution in [-0.4, -0.2) is 35.9 Å². The molecule has 144 valence electrons. The maximum atomic E-state index is 12.6. The first kappa shape index (κ1) is 20.5. The molecule has 0 fully saturated rings. The number of carbonyl (C=O) groups is 2. The highest BCUT2D eigenvalue weighted by Gasteiger charge is 2.14. The minimum atomic E-state index is -0.239. The molecule has 2 aromatic rings. The van der Waals surface area contributed by atoms with Crippen LogP contribution in [0.5, 0.6) is 5.75 Å². The molecule has 0 radical (unpaired) electrons. The molecule has 0 saturated heterocycles. The van der Waals surface area contributed by atoms with Gasteiger partial charge in [-0.15, -0.1) is 0 Å². The van der Waals surface area contributed by atoms with Gasteiger partial charge in [0.15, 0.2) is 0 Å². The summed E-state index contributed by atoms with van der Waals surface area (Å²) in [5.74, 6) is 0.388. The molecule has 0 heterocycles. The van der Waals surface area contributed by atoms with Crippen molar-refractivity contribution in [1.82, 2.24) is 4.90 Å². The molecule has 0 saturated carbocycles. The van der Waals surface area contributed by atoms with E-state index in [0.717, 1.165) is 6.42 Å². The van der Waals surface area contributed by atoms with E-state index >= 15 is 0 Å². The topological polar surface area (TPSA) is 58.6 Å². The third-order valence-electron chi connectivity index (χ3n) is 4.43. The summed E-state index contributed by atoms with van der Waals surface area (Å²) < 4.78 is 5.78. The van der Waals surface area contributed by atoms with Gasteiger partial charge in [-0.3, -0.25) is 9.59 Å². The number of anilines is 1. The molecule has 0 aliphatic heterocycles. The van der Waals surface area contributed by atoms with E-state index in [1.165, 1.54) is 0 Å². The highest BCUT2D eigenvalue weighted by molar-refractivity contribution is 6.05. The fourth-order valence-corrected chi connectivity index (χ4v) is 2.65. The summed E-state index contributed by atoms with van der Waals surface area (Å²) in [6.07, 6.45) is 0.982. The molecule has 1 atom stereocenters. The predicted molar refractivity (Wildman–Crippen MR) is 108 cm³/mol. The smallest absolute Gasteiger partial charge is 0.255 e. The van der Waals surface area contributed by atoms with Crippen LogP contribution in [0.3, 0.4) is 0 Å². The molecule has 0 bridgehead atoms. The molecule has 0 aliphatic rings. The number of hydrogen-bond donors (Lipinski definition) is 1. The van der Waals surface area contributed by atoms with E-state index in [0.29, 0.717) is 35.7 Å². The predicted octanol–water partition coefficient (Wildman–Crippen LogP) is 4.60. The number of amides is 2. The molecule has 1 unspecified atom stereocenters. The van der Waals surface area contributed by atoms with Crippen molar-refractivity contribution in [3.63, 3.8) is 0 Å². The maximum absolute atomic E-state index is 12.6. The van der Waals surface area contributed by atoms with Gasteiger partial charge in [-0.2, -0.15) is 0 Å². The van der Waals surface area contributed by atoms with Crippen LogP contribution >= 0.6 is 0 Å². The van der Waals surface area contributed by atoms with Crippen molar-refractivity contribution in [2.45, 2.75) is 40.2 Å². The SMILES string of the molecule is CCC(C)Oc1cccc(C(=O)Nc2cccc(C(=O)N(CC)CC)c2)c1. The lowest BCUT2D eigenvalue weighted by atomic mass is 10.1. The van der Waals surface area contributed by atoms with E-state index < -0.39 is 0 Å². The van der Waals surface area contributed by atoms with E-state index in [-0.39, 0.29) is 17.9 Å². The zero-order chi connectivity index (χ0) is 19.8. The van der Waals surface area contributed by atoms with Gasteiger partial charge in [0.25, 0.3) is 11.8 Å².